The Kier molecular flexibility index (Phi) is 7.36. The number of aromatic nitrogens is 1. The largest absolute Gasteiger partial charge is 0.344 e. The standard InChI is InChI=1S/C56H39N3/c1-57-52-29-16-13-26-46(52)55-53(57)30-17-31-54(55)59(40-22-9-4-10-23-40)42-32-34-45-43-24-11-14-27-48(43)56(51(45)37-42)49-28-15-12-25-44(49)47-36-41(33-35-50(47)56)58(38-18-5-2-6-19-38)39-20-7-3-8-21-39/h2-37H,1H3. The summed E-state index contributed by atoms with van der Waals surface area (Å²) in [5, 5.41) is 2.50. The predicted molar refractivity (Wildman–Crippen MR) is 246 cm³/mol. The molecule has 12 rings (SSSR count). The first-order chi connectivity index (χ1) is 29.2. The van der Waals surface area contributed by atoms with Gasteiger partial charge in [-0.15, -0.1) is 0 Å². The minimum atomic E-state index is -0.509. The van der Waals surface area contributed by atoms with Crippen molar-refractivity contribution in [1.29, 1.82) is 0 Å². The zero-order chi connectivity index (χ0) is 39.1. The molecular formula is C56H39N3. The quantitative estimate of drug-likeness (QED) is 0.168. The van der Waals surface area contributed by atoms with E-state index in [4.69, 9.17) is 0 Å². The lowest BCUT2D eigenvalue weighted by Gasteiger charge is -2.33. The van der Waals surface area contributed by atoms with Gasteiger partial charge in [-0.1, -0.05) is 140 Å². The van der Waals surface area contributed by atoms with E-state index in [2.05, 4.69) is 240 Å². The summed E-state index contributed by atoms with van der Waals surface area (Å²) in [5.41, 5.74) is 19.1. The molecule has 3 nitrogen and oxygen atoms in total. The van der Waals surface area contributed by atoms with Gasteiger partial charge in [-0.3, -0.25) is 0 Å². The zero-order valence-corrected chi connectivity index (χ0v) is 32.6. The number of nitrogens with zero attached hydrogens (tertiary/aromatic N) is 3. The molecule has 9 aromatic carbocycles. The molecule has 10 aromatic rings. The third-order valence-electron chi connectivity index (χ3n) is 12.8. The van der Waals surface area contributed by atoms with Crippen LogP contribution in [0.15, 0.2) is 218 Å². The molecule has 1 atom stereocenters. The van der Waals surface area contributed by atoms with E-state index in [-0.39, 0.29) is 0 Å². The van der Waals surface area contributed by atoms with Crippen molar-refractivity contribution in [1.82, 2.24) is 4.57 Å². The molecule has 0 amide bonds. The van der Waals surface area contributed by atoms with Crippen LogP contribution in [0.1, 0.15) is 22.3 Å². The Morgan fingerprint density at radius 3 is 1.51 bits per heavy atom. The number of para-hydroxylation sites is 4. The number of benzene rings is 9. The Morgan fingerprint density at radius 1 is 0.339 bits per heavy atom. The van der Waals surface area contributed by atoms with E-state index in [9.17, 15) is 0 Å². The highest BCUT2D eigenvalue weighted by atomic mass is 15.2. The minimum absolute atomic E-state index is 0.509. The molecule has 1 heterocycles. The van der Waals surface area contributed by atoms with Crippen molar-refractivity contribution in [3.05, 3.63) is 241 Å². The predicted octanol–water partition coefficient (Wildman–Crippen LogP) is 14.6. The van der Waals surface area contributed by atoms with E-state index in [0.29, 0.717) is 0 Å². The average Bonchev–Trinajstić information content (AvgIpc) is 3.89. The van der Waals surface area contributed by atoms with Crippen molar-refractivity contribution in [3.8, 4) is 22.3 Å². The summed E-state index contributed by atoms with van der Waals surface area (Å²) < 4.78 is 2.32. The highest BCUT2D eigenvalue weighted by Gasteiger charge is 2.52. The number of fused-ring (bicyclic) bond motifs is 13. The van der Waals surface area contributed by atoms with Crippen molar-refractivity contribution in [2.75, 3.05) is 9.80 Å². The molecule has 0 N–H and O–H groups in total. The van der Waals surface area contributed by atoms with Crippen molar-refractivity contribution in [2.45, 2.75) is 5.41 Å². The van der Waals surface area contributed by atoms with E-state index in [0.717, 1.165) is 34.1 Å². The smallest absolute Gasteiger partial charge is 0.0726 e. The van der Waals surface area contributed by atoms with Gasteiger partial charge in [-0.25, -0.2) is 0 Å². The Morgan fingerprint density at radius 2 is 0.831 bits per heavy atom. The molecule has 0 radical (unpaired) electrons. The number of anilines is 6. The van der Waals surface area contributed by atoms with Crippen molar-refractivity contribution in [3.63, 3.8) is 0 Å². The Labute approximate surface area is 344 Å². The monoisotopic (exact) mass is 753 g/mol. The van der Waals surface area contributed by atoms with Crippen LogP contribution in [0, 0.1) is 0 Å². The second-order valence-corrected chi connectivity index (χ2v) is 15.7. The van der Waals surface area contributed by atoms with Crippen LogP contribution in [0.4, 0.5) is 34.1 Å². The third kappa shape index (κ3) is 4.76. The SMILES string of the molecule is Cn1c2ccccc2c2c(N(c3ccccc3)c3ccc4c(c3)C3(c5ccccc5-c5cc(N(c6ccccc6)c6ccccc6)ccc53)c3ccccc3-4)cccc21. The topological polar surface area (TPSA) is 11.4 Å². The van der Waals surface area contributed by atoms with Gasteiger partial charge < -0.3 is 14.4 Å². The number of aryl methyl sites for hydroxylation is 1. The minimum Gasteiger partial charge on any atom is -0.344 e. The van der Waals surface area contributed by atoms with Crippen LogP contribution in [-0.4, -0.2) is 4.57 Å². The fourth-order valence-corrected chi connectivity index (χ4v) is 10.4. The molecule has 1 unspecified atom stereocenters. The molecule has 1 spiro atoms. The number of rotatable bonds is 6. The second-order valence-electron chi connectivity index (χ2n) is 15.7. The van der Waals surface area contributed by atoms with Gasteiger partial charge in [0.1, 0.15) is 0 Å². The summed E-state index contributed by atoms with van der Waals surface area (Å²) in [6.07, 6.45) is 0. The van der Waals surface area contributed by atoms with Gasteiger partial charge in [0.05, 0.1) is 16.6 Å². The van der Waals surface area contributed by atoms with Crippen LogP contribution in [0.2, 0.25) is 0 Å². The maximum atomic E-state index is 2.49. The third-order valence-corrected chi connectivity index (χ3v) is 12.8. The summed E-state index contributed by atoms with van der Waals surface area (Å²) in [4.78, 5) is 4.84. The normalized spacial score (nSPS) is 14.6. The molecule has 0 aliphatic heterocycles. The first-order valence-corrected chi connectivity index (χ1v) is 20.4. The molecule has 2 aliphatic rings. The lowest BCUT2D eigenvalue weighted by molar-refractivity contribution is 0.793. The average molecular weight is 754 g/mol. The lowest BCUT2D eigenvalue weighted by atomic mass is 9.70. The lowest BCUT2D eigenvalue weighted by Crippen LogP contribution is -2.26. The molecule has 1 aromatic heterocycles. The van der Waals surface area contributed by atoms with Crippen LogP contribution in [0.3, 0.4) is 0 Å². The van der Waals surface area contributed by atoms with Crippen LogP contribution in [0.25, 0.3) is 44.1 Å². The van der Waals surface area contributed by atoms with Gasteiger partial charge in [0, 0.05) is 51.8 Å². The molecular weight excluding hydrogens is 715 g/mol. The van der Waals surface area contributed by atoms with Crippen LogP contribution >= 0.6 is 0 Å². The van der Waals surface area contributed by atoms with Gasteiger partial charge in [-0.2, -0.15) is 0 Å². The van der Waals surface area contributed by atoms with Crippen LogP contribution < -0.4 is 9.80 Å². The van der Waals surface area contributed by atoms with E-state index in [1.54, 1.807) is 0 Å². The molecule has 278 valence electrons. The Bertz CT molecular complexity index is 3200. The van der Waals surface area contributed by atoms with Gasteiger partial charge in [0.25, 0.3) is 0 Å². The molecule has 0 bridgehead atoms. The molecule has 3 heteroatoms. The van der Waals surface area contributed by atoms with Gasteiger partial charge in [0.15, 0.2) is 0 Å². The second kappa shape index (κ2) is 13.0. The maximum Gasteiger partial charge on any atom is 0.0726 e. The maximum absolute atomic E-state index is 2.49. The zero-order valence-electron chi connectivity index (χ0n) is 32.6. The van der Waals surface area contributed by atoms with Crippen molar-refractivity contribution < 1.29 is 0 Å². The molecule has 0 saturated carbocycles. The van der Waals surface area contributed by atoms with Gasteiger partial charge in [-0.05, 0) is 123 Å². The van der Waals surface area contributed by atoms with Crippen LogP contribution in [0.5, 0.6) is 0 Å². The summed E-state index contributed by atoms with van der Waals surface area (Å²) >= 11 is 0. The first kappa shape index (κ1) is 33.5. The van der Waals surface area contributed by atoms with E-state index < -0.39 is 5.41 Å². The molecule has 0 saturated heterocycles. The number of hydrogen-bond donors (Lipinski definition) is 0. The summed E-state index contributed by atoms with van der Waals surface area (Å²) in [5.74, 6) is 0. The van der Waals surface area contributed by atoms with E-state index in [1.807, 2.05) is 0 Å². The highest BCUT2D eigenvalue weighted by Crippen LogP contribution is 2.64. The molecule has 0 fully saturated rings. The van der Waals surface area contributed by atoms with Gasteiger partial charge >= 0.3 is 0 Å². The molecule has 59 heavy (non-hydrogen) atoms. The first-order valence-electron chi connectivity index (χ1n) is 20.4. The highest BCUT2D eigenvalue weighted by molar-refractivity contribution is 6.15. The van der Waals surface area contributed by atoms with E-state index in [1.165, 1.54) is 66.3 Å². The summed E-state index contributed by atoms with van der Waals surface area (Å²) in [6.45, 7) is 0. The Balaban J connectivity index is 1.12. The summed E-state index contributed by atoms with van der Waals surface area (Å²) in [6, 6.07) is 80.3. The summed E-state index contributed by atoms with van der Waals surface area (Å²) in [7, 11) is 2.18. The Hall–Kier alpha value is -7.62. The molecule has 2 aliphatic carbocycles. The van der Waals surface area contributed by atoms with Gasteiger partial charge in [0.2, 0.25) is 0 Å². The van der Waals surface area contributed by atoms with E-state index >= 15 is 0 Å². The van der Waals surface area contributed by atoms with Crippen LogP contribution in [-0.2, 0) is 12.5 Å². The van der Waals surface area contributed by atoms with Crippen molar-refractivity contribution >= 4 is 55.9 Å². The number of hydrogen-bond acceptors (Lipinski definition) is 2. The fraction of sp³-hybridized carbons (Fsp3) is 0.0357. The fourth-order valence-electron chi connectivity index (χ4n) is 10.4. The van der Waals surface area contributed by atoms with Crippen molar-refractivity contribution in [2.24, 2.45) is 7.05 Å².